The van der Waals surface area contributed by atoms with Crippen LogP contribution in [-0.4, -0.2) is 9.38 Å². The maximum atomic E-state index is 11.9. The quantitative estimate of drug-likeness (QED) is 0.769. The van der Waals surface area contributed by atoms with Crippen LogP contribution >= 0.6 is 0 Å². The van der Waals surface area contributed by atoms with Gasteiger partial charge in [0.15, 0.2) is 0 Å². The Kier molecular flexibility index (Phi) is 3.12. The molecule has 0 aliphatic carbocycles. The lowest BCUT2D eigenvalue weighted by Crippen LogP contribution is -2.19. The van der Waals surface area contributed by atoms with Crippen molar-refractivity contribution in [2.75, 3.05) is 0 Å². The van der Waals surface area contributed by atoms with Crippen molar-refractivity contribution in [1.29, 1.82) is 0 Å². The fourth-order valence-electron chi connectivity index (χ4n) is 1.92. The summed E-state index contributed by atoms with van der Waals surface area (Å²) in [6, 6.07) is 10.8. The lowest BCUT2D eigenvalue weighted by molar-refractivity contribution is 0.482. The highest BCUT2D eigenvalue weighted by atomic mass is 16.3. The Morgan fingerprint density at radius 3 is 3.00 bits per heavy atom. The van der Waals surface area contributed by atoms with Crippen molar-refractivity contribution in [3.63, 3.8) is 0 Å². The van der Waals surface area contributed by atoms with E-state index in [4.69, 9.17) is 4.42 Å². The first-order valence-electron chi connectivity index (χ1n) is 6.03. The van der Waals surface area contributed by atoms with Crippen LogP contribution in [0.2, 0.25) is 0 Å². The van der Waals surface area contributed by atoms with Gasteiger partial charge in [0.1, 0.15) is 11.4 Å². The molecule has 0 bridgehead atoms. The smallest absolute Gasteiger partial charge is 0.258 e. The second-order valence-corrected chi connectivity index (χ2v) is 4.20. The summed E-state index contributed by atoms with van der Waals surface area (Å²) in [5.74, 6) is 0.859. The Morgan fingerprint density at radius 2 is 2.16 bits per heavy atom. The molecule has 5 heteroatoms. The Balaban J connectivity index is 1.76. The summed E-state index contributed by atoms with van der Waals surface area (Å²) in [5, 5.41) is 3.19. The van der Waals surface area contributed by atoms with Gasteiger partial charge >= 0.3 is 0 Å². The molecule has 0 atom stereocenters. The van der Waals surface area contributed by atoms with E-state index >= 15 is 0 Å². The van der Waals surface area contributed by atoms with Crippen LogP contribution < -0.4 is 10.9 Å². The summed E-state index contributed by atoms with van der Waals surface area (Å²) in [5.41, 5.74) is 1.31. The van der Waals surface area contributed by atoms with E-state index in [2.05, 4.69) is 10.3 Å². The molecular weight excluding hydrogens is 242 g/mol. The molecule has 3 rings (SSSR count). The molecular formula is C14H13N3O2. The third-order valence-corrected chi connectivity index (χ3v) is 2.81. The minimum absolute atomic E-state index is 0.0691. The molecule has 0 saturated carbocycles. The summed E-state index contributed by atoms with van der Waals surface area (Å²) in [4.78, 5) is 16.3. The van der Waals surface area contributed by atoms with Gasteiger partial charge in [-0.05, 0) is 24.3 Å². The average molecular weight is 255 g/mol. The number of aromatic nitrogens is 2. The van der Waals surface area contributed by atoms with E-state index < -0.39 is 0 Å². The number of hydrogen-bond acceptors (Lipinski definition) is 4. The van der Waals surface area contributed by atoms with E-state index in [1.807, 2.05) is 30.3 Å². The normalized spacial score (nSPS) is 10.9. The van der Waals surface area contributed by atoms with Crippen molar-refractivity contribution < 1.29 is 4.42 Å². The van der Waals surface area contributed by atoms with Gasteiger partial charge in [0.05, 0.1) is 18.5 Å². The molecule has 0 unspecified atom stereocenters. The second kappa shape index (κ2) is 5.07. The van der Waals surface area contributed by atoms with Crippen molar-refractivity contribution in [3.8, 4) is 0 Å². The lowest BCUT2D eigenvalue weighted by Gasteiger charge is -2.04. The first kappa shape index (κ1) is 11.7. The Labute approximate surface area is 109 Å². The van der Waals surface area contributed by atoms with E-state index in [-0.39, 0.29) is 5.56 Å². The van der Waals surface area contributed by atoms with Crippen LogP contribution in [0.5, 0.6) is 0 Å². The molecule has 0 saturated heterocycles. The Morgan fingerprint density at radius 1 is 1.21 bits per heavy atom. The zero-order valence-corrected chi connectivity index (χ0v) is 10.2. The molecule has 5 nitrogen and oxygen atoms in total. The van der Waals surface area contributed by atoms with Gasteiger partial charge in [0.25, 0.3) is 5.56 Å². The lowest BCUT2D eigenvalue weighted by atomic mass is 10.3. The largest absolute Gasteiger partial charge is 0.468 e. The third-order valence-electron chi connectivity index (χ3n) is 2.81. The first-order valence-corrected chi connectivity index (χ1v) is 6.03. The second-order valence-electron chi connectivity index (χ2n) is 4.20. The number of nitrogens with zero attached hydrogens (tertiary/aromatic N) is 2. The summed E-state index contributed by atoms with van der Waals surface area (Å²) in [6.07, 6.45) is 3.35. The van der Waals surface area contributed by atoms with Crippen molar-refractivity contribution in [3.05, 3.63) is 70.7 Å². The SMILES string of the molecule is O=c1cc(CNCc2ccco2)nc2ccccn12. The number of furan rings is 1. The third kappa shape index (κ3) is 2.56. The van der Waals surface area contributed by atoms with E-state index in [1.54, 1.807) is 18.5 Å². The molecule has 96 valence electrons. The van der Waals surface area contributed by atoms with Crippen molar-refractivity contribution in [2.24, 2.45) is 0 Å². The molecule has 3 aromatic heterocycles. The van der Waals surface area contributed by atoms with Gasteiger partial charge in [-0.1, -0.05) is 6.07 Å². The average Bonchev–Trinajstić information content (AvgIpc) is 2.92. The highest BCUT2D eigenvalue weighted by molar-refractivity contribution is 5.37. The predicted molar refractivity (Wildman–Crippen MR) is 70.7 cm³/mol. The number of hydrogen-bond donors (Lipinski definition) is 1. The van der Waals surface area contributed by atoms with Gasteiger partial charge in [0, 0.05) is 18.8 Å². The summed E-state index contributed by atoms with van der Waals surface area (Å²) >= 11 is 0. The minimum atomic E-state index is -0.0691. The van der Waals surface area contributed by atoms with Crippen LogP contribution in [0.1, 0.15) is 11.5 Å². The number of rotatable bonds is 4. The standard InChI is InChI=1S/C14H13N3O2/c18-14-8-11(9-15-10-12-4-3-7-19-12)16-13-5-1-2-6-17(13)14/h1-8,15H,9-10H2. The number of pyridine rings is 1. The van der Waals surface area contributed by atoms with Crippen molar-refractivity contribution >= 4 is 5.65 Å². The van der Waals surface area contributed by atoms with Crippen LogP contribution in [0, 0.1) is 0 Å². The molecule has 0 aliphatic heterocycles. The van der Waals surface area contributed by atoms with Gasteiger partial charge in [-0.25, -0.2) is 4.98 Å². The van der Waals surface area contributed by atoms with E-state index in [1.165, 1.54) is 4.40 Å². The van der Waals surface area contributed by atoms with Gasteiger partial charge in [-0.15, -0.1) is 0 Å². The van der Waals surface area contributed by atoms with Crippen LogP contribution in [0.15, 0.2) is 58.1 Å². The minimum Gasteiger partial charge on any atom is -0.468 e. The molecule has 1 N–H and O–H groups in total. The zero-order chi connectivity index (χ0) is 13.1. The highest BCUT2D eigenvalue weighted by Gasteiger charge is 2.02. The number of nitrogens with one attached hydrogen (secondary N) is 1. The molecule has 3 aromatic rings. The van der Waals surface area contributed by atoms with Gasteiger partial charge in [-0.2, -0.15) is 0 Å². The Bertz CT molecular complexity index is 732. The van der Waals surface area contributed by atoms with Gasteiger partial charge in [-0.3, -0.25) is 9.20 Å². The molecule has 0 amide bonds. The van der Waals surface area contributed by atoms with Crippen molar-refractivity contribution in [1.82, 2.24) is 14.7 Å². The molecule has 19 heavy (non-hydrogen) atoms. The van der Waals surface area contributed by atoms with Crippen LogP contribution in [0.4, 0.5) is 0 Å². The maximum Gasteiger partial charge on any atom is 0.258 e. The van der Waals surface area contributed by atoms with Crippen LogP contribution in [-0.2, 0) is 13.1 Å². The van der Waals surface area contributed by atoms with E-state index in [0.717, 1.165) is 11.5 Å². The summed E-state index contributed by atoms with van der Waals surface area (Å²) in [7, 11) is 0. The molecule has 0 aliphatic rings. The summed E-state index contributed by atoms with van der Waals surface area (Å²) in [6.45, 7) is 1.14. The van der Waals surface area contributed by atoms with Crippen LogP contribution in [0.3, 0.4) is 0 Å². The number of fused-ring (bicyclic) bond motifs is 1. The monoisotopic (exact) mass is 255 g/mol. The van der Waals surface area contributed by atoms with Crippen molar-refractivity contribution in [2.45, 2.75) is 13.1 Å². The molecule has 3 heterocycles. The van der Waals surface area contributed by atoms with Gasteiger partial charge in [0.2, 0.25) is 0 Å². The topological polar surface area (TPSA) is 59.5 Å². The maximum absolute atomic E-state index is 11.9. The zero-order valence-electron chi connectivity index (χ0n) is 10.2. The Hall–Kier alpha value is -2.40. The van der Waals surface area contributed by atoms with Gasteiger partial charge < -0.3 is 9.73 Å². The molecule has 0 aromatic carbocycles. The molecule has 0 fully saturated rings. The highest BCUT2D eigenvalue weighted by Crippen LogP contribution is 2.01. The predicted octanol–water partition coefficient (Wildman–Crippen LogP) is 1.58. The summed E-state index contributed by atoms with van der Waals surface area (Å²) < 4.78 is 6.74. The molecule has 0 radical (unpaired) electrons. The molecule has 0 spiro atoms. The van der Waals surface area contributed by atoms with E-state index in [0.29, 0.717) is 18.7 Å². The fourth-order valence-corrected chi connectivity index (χ4v) is 1.92. The van der Waals surface area contributed by atoms with E-state index in [9.17, 15) is 4.79 Å². The van der Waals surface area contributed by atoms with Crippen LogP contribution in [0.25, 0.3) is 5.65 Å². The fraction of sp³-hybridized carbons (Fsp3) is 0.143. The first-order chi connectivity index (χ1) is 9.33.